The van der Waals surface area contributed by atoms with E-state index in [9.17, 15) is 5.11 Å². The standard InChI is InChI=1S/C12H24O/c1-10(2)6-5-8-11-7-3-4-9-12(11)13/h10-13H,3-9H2,1-2H3. The van der Waals surface area contributed by atoms with E-state index in [1.54, 1.807) is 0 Å². The van der Waals surface area contributed by atoms with E-state index in [4.69, 9.17) is 0 Å². The lowest BCUT2D eigenvalue weighted by Crippen LogP contribution is -2.24. The molecule has 1 fully saturated rings. The molecule has 1 rings (SSSR count). The van der Waals surface area contributed by atoms with E-state index in [2.05, 4.69) is 13.8 Å². The molecular weight excluding hydrogens is 160 g/mol. The van der Waals surface area contributed by atoms with Crippen LogP contribution in [0.25, 0.3) is 0 Å². The van der Waals surface area contributed by atoms with Crippen molar-refractivity contribution < 1.29 is 5.11 Å². The van der Waals surface area contributed by atoms with E-state index < -0.39 is 0 Å². The molecule has 1 aliphatic carbocycles. The first kappa shape index (κ1) is 11.0. The Morgan fingerprint density at radius 1 is 1.23 bits per heavy atom. The highest BCUT2D eigenvalue weighted by Gasteiger charge is 2.22. The van der Waals surface area contributed by atoms with E-state index >= 15 is 0 Å². The molecule has 0 amide bonds. The summed E-state index contributed by atoms with van der Waals surface area (Å²) in [5, 5.41) is 9.73. The molecule has 1 nitrogen and oxygen atoms in total. The van der Waals surface area contributed by atoms with Crippen LogP contribution in [0.5, 0.6) is 0 Å². The third kappa shape index (κ3) is 4.12. The predicted octanol–water partition coefficient (Wildman–Crippen LogP) is 3.36. The third-order valence-corrected chi connectivity index (χ3v) is 3.23. The predicted molar refractivity (Wildman–Crippen MR) is 56.7 cm³/mol. The lowest BCUT2D eigenvalue weighted by molar-refractivity contribution is 0.0635. The van der Waals surface area contributed by atoms with E-state index in [1.807, 2.05) is 0 Å². The van der Waals surface area contributed by atoms with Crippen molar-refractivity contribution >= 4 is 0 Å². The summed E-state index contributed by atoms with van der Waals surface area (Å²) >= 11 is 0. The maximum absolute atomic E-state index is 9.73. The van der Waals surface area contributed by atoms with Crippen molar-refractivity contribution in [3.63, 3.8) is 0 Å². The fraction of sp³-hybridized carbons (Fsp3) is 1.00. The molecule has 78 valence electrons. The summed E-state index contributed by atoms with van der Waals surface area (Å²) in [7, 11) is 0. The van der Waals surface area contributed by atoms with Gasteiger partial charge in [0.25, 0.3) is 0 Å². The minimum atomic E-state index is 0.0147. The quantitative estimate of drug-likeness (QED) is 0.710. The van der Waals surface area contributed by atoms with Gasteiger partial charge in [0.15, 0.2) is 0 Å². The Morgan fingerprint density at radius 3 is 2.54 bits per heavy atom. The number of hydrogen-bond acceptors (Lipinski definition) is 1. The van der Waals surface area contributed by atoms with Crippen molar-refractivity contribution in [1.82, 2.24) is 0 Å². The van der Waals surface area contributed by atoms with Crippen molar-refractivity contribution in [1.29, 1.82) is 0 Å². The van der Waals surface area contributed by atoms with Gasteiger partial charge in [-0.2, -0.15) is 0 Å². The molecule has 0 aliphatic heterocycles. The molecule has 0 heterocycles. The second-order valence-electron chi connectivity index (χ2n) is 4.94. The van der Waals surface area contributed by atoms with Crippen LogP contribution in [0, 0.1) is 11.8 Å². The van der Waals surface area contributed by atoms with Gasteiger partial charge >= 0.3 is 0 Å². The van der Waals surface area contributed by atoms with Crippen molar-refractivity contribution in [2.24, 2.45) is 11.8 Å². The van der Waals surface area contributed by atoms with Crippen molar-refractivity contribution in [3.05, 3.63) is 0 Å². The van der Waals surface area contributed by atoms with Crippen LogP contribution in [0.4, 0.5) is 0 Å². The van der Waals surface area contributed by atoms with E-state index in [-0.39, 0.29) is 6.10 Å². The zero-order chi connectivity index (χ0) is 9.68. The maximum atomic E-state index is 9.73. The average Bonchev–Trinajstić information content (AvgIpc) is 2.08. The van der Waals surface area contributed by atoms with Crippen LogP contribution < -0.4 is 0 Å². The van der Waals surface area contributed by atoms with Crippen molar-refractivity contribution in [2.45, 2.75) is 64.9 Å². The lowest BCUT2D eigenvalue weighted by Gasteiger charge is -2.27. The highest BCUT2D eigenvalue weighted by Crippen LogP contribution is 2.28. The highest BCUT2D eigenvalue weighted by atomic mass is 16.3. The van der Waals surface area contributed by atoms with Crippen LogP contribution >= 0.6 is 0 Å². The summed E-state index contributed by atoms with van der Waals surface area (Å²) in [6.07, 6.45) is 8.78. The SMILES string of the molecule is CC(C)CCCC1CCCCC1O. The Morgan fingerprint density at radius 2 is 1.92 bits per heavy atom. The topological polar surface area (TPSA) is 20.2 Å². The molecule has 1 saturated carbocycles. The number of aliphatic hydroxyl groups excluding tert-OH is 1. The first-order valence-corrected chi connectivity index (χ1v) is 5.88. The van der Waals surface area contributed by atoms with Crippen LogP contribution in [0.2, 0.25) is 0 Å². The molecule has 13 heavy (non-hydrogen) atoms. The summed E-state index contributed by atoms with van der Waals surface area (Å²) in [5.74, 6) is 1.44. The van der Waals surface area contributed by atoms with Gasteiger partial charge in [0.05, 0.1) is 6.10 Å². The minimum Gasteiger partial charge on any atom is -0.393 e. The van der Waals surface area contributed by atoms with Crippen molar-refractivity contribution in [2.75, 3.05) is 0 Å². The second-order valence-corrected chi connectivity index (χ2v) is 4.94. The monoisotopic (exact) mass is 184 g/mol. The van der Waals surface area contributed by atoms with Crippen LogP contribution in [-0.2, 0) is 0 Å². The molecule has 0 spiro atoms. The van der Waals surface area contributed by atoms with Gasteiger partial charge in [-0.25, -0.2) is 0 Å². The molecule has 0 aromatic carbocycles. The Balaban J connectivity index is 2.11. The summed E-state index contributed by atoms with van der Waals surface area (Å²) in [6, 6.07) is 0. The molecule has 1 aliphatic rings. The molecule has 2 atom stereocenters. The molecular formula is C12H24O. The van der Waals surface area contributed by atoms with Gasteiger partial charge in [-0.05, 0) is 31.1 Å². The number of aliphatic hydroxyl groups is 1. The van der Waals surface area contributed by atoms with Crippen LogP contribution in [-0.4, -0.2) is 11.2 Å². The Kier molecular flexibility index (Phi) is 4.79. The average molecular weight is 184 g/mol. The summed E-state index contributed by atoms with van der Waals surface area (Å²) in [6.45, 7) is 4.55. The van der Waals surface area contributed by atoms with Gasteiger partial charge in [0.2, 0.25) is 0 Å². The molecule has 1 N–H and O–H groups in total. The largest absolute Gasteiger partial charge is 0.393 e. The van der Waals surface area contributed by atoms with Gasteiger partial charge in [0, 0.05) is 0 Å². The molecule has 0 bridgehead atoms. The molecule has 0 saturated heterocycles. The fourth-order valence-corrected chi connectivity index (χ4v) is 2.31. The highest BCUT2D eigenvalue weighted by molar-refractivity contribution is 4.74. The normalized spacial score (nSPS) is 29.5. The molecule has 0 radical (unpaired) electrons. The Hall–Kier alpha value is -0.0400. The summed E-state index contributed by atoms with van der Waals surface area (Å²) in [5.41, 5.74) is 0. The summed E-state index contributed by atoms with van der Waals surface area (Å²) in [4.78, 5) is 0. The van der Waals surface area contributed by atoms with Gasteiger partial charge in [0.1, 0.15) is 0 Å². The van der Waals surface area contributed by atoms with Gasteiger partial charge < -0.3 is 5.11 Å². The van der Waals surface area contributed by atoms with Crippen LogP contribution in [0.3, 0.4) is 0 Å². The summed E-state index contributed by atoms with van der Waals surface area (Å²) < 4.78 is 0. The smallest absolute Gasteiger partial charge is 0.0568 e. The Labute approximate surface area is 82.5 Å². The molecule has 1 heteroatoms. The second kappa shape index (κ2) is 5.64. The van der Waals surface area contributed by atoms with Crippen LogP contribution in [0.15, 0.2) is 0 Å². The lowest BCUT2D eigenvalue weighted by atomic mass is 9.83. The van der Waals surface area contributed by atoms with Gasteiger partial charge in [-0.3, -0.25) is 0 Å². The van der Waals surface area contributed by atoms with Crippen molar-refractivity contribution in [3.8, 4) is 0 Å². The molecule has 2 unspecified atom stereocenters. The third-order valence-electron chi connectivity index (χ3n) is 3.23. The molecule has 0 aromatic heterocycles. The first-order chi connectivity index (χ1) is 6.20. The van der Waals surface area contributed by atoms with Gasteiger partial charge in [-0.1, -0.05) is 39.5 Å². The zero-order valence-electron chi connectivity index (χ0n) is 9.13. The maximum Gasteiger partial charge on any atom is 0.0568 e. The first-order valence-electron chi connectivity index (χ1n) is 5.88. The zero-order valence-corrected chi connectivity index (χ0v) is 9.13. The van der Waals surface area contributed by atoms with E-state index in [1.165, 1.54) is 38.5 Å². The van der Waals surface area contributed by atoms with E-state index in [0.29, 0.717) is 5.92 Å². The number of rotatable bonds is 4. The number of hydrogen-bond donors (Lipinski definition) is 1. The van der Waals surface area contributed by atoms with Gasteiger partial charge in [-0.15, -0.1) is 0 Å². The van der Waals surface area contributed by atoms with Crippen LogP contribution in [0.1, 0.15) is 58.8 Å². The van der Waals surface area contributed by atoms with E-state index in [0.717, 1.165) is 12.3 Å². The molecule has 0 aromatic rings. The fourth-order valence-electron chi connectivity index (χ4n) is 2.31. The minimum absolute atomic E-state index is 0.0147. The Bertz CT molecular complexity index is 131.